The molecule has 1 aliphatic rings. The van der Waals surface area contributed by atoms with Crippen LogP contribution in [0.25, 0.3) is 28.3 Å². The van der Waals surface area contributed by atoms with Gasteiger partial charge in [-0.3, -0.25) is 14.1 Å². The first-order chi connectivity index (χ1) is 23.0. The molecule has 47 heavy (non-hydrogen) atoms. The van der Waals surface area contributed by atoms with Gasteiger partial charge in [-0.15, -0.1) is 0 Å². The fourth-order valence-electron chi connectivity index (χ4n) is 5.74. The van der Waals surface area contributed by atoms with Crippen LogP contribution in [0.1, 0.15) is 23.2 Å². The van der Waals surface area contributed by atoms with Crippen molar-refractivity contribution in [1.82, 2.24) is 24.3 Å². The van der Waals surface area contributed by atoms with Gasteiger partial charge in [0.05, 0.1) is 17.1 Å². The summed E-state index contributed by atoms with van der Waals surface area (Å²) in [5.41, 5.74) is 3.76. The van der Waals surface area contributed by atoms with Crippen LogP contribution in [-0.2, 0) is 0 Å². The molecule has 0 spiro atoms. The number of benzene rings is 3. The zero-order valence-corrected chi connectivity index (χ0v) is 25.4. The third-order valence-electron chi connectivity index (χ3n) is 7.98. The van der Waals surface area contributed by atoms with Crippen LogP contribution < -0.4 is 15.4 Å². The van der Waals surface area contributed by atoms with Gasteiger partial charge in [0, 0.05) is 41.9 Å². The van der Waals surface area contributed by atoms with Gasteiger partial charge in [-0.2, -0.15) is 0 Å². The normalized spacial score (nSPS) is 13.1. The molecule has 0 aliphatic carbocycles. The third kappa shape index (κ3) is 6.66. The number of aromatic nitrogens is 4. The molecule has 4 heterocycles. The maximum atomic E-state index is 14.3. The highest BCUT2D eigenvalue weighted by atomic mass is 19.1. The number of imidazole rings is 1. The minimum Gasteiger partial charge on any atom is -0.492 e. The number of hydrogen-bond acceptors (Lipinski definition) is 7. The van der Waals surface area contributed by atoms with E-state index in [0.717, 1.165) is 43.2 Å². The number of fused-ring (bicyclic) bond motifs is 1. The summed E-state index contributed by atoms with van der Waals surface area (Å²) in [5, 5.41) is 5.90. The van der Waals surface area contributed by atoms with Crippen LogP contribution in [0.5, 0.6) is 5.75 Å². The molecule has 1 amide bonds. The Balaban J connectivity index is 1.16. The summed E-state index contributed by atoms with van der Waals surface area (Å²) in [6.45, 7) is 3.79. The van der Waals surface area contributed by atoms with Crippen molar-refractivity contribution in [1.29, 1.82) is 0 Å². The zero-order chi connectivity index (χ0) is 32.2. The summed E-state index contributed by atoms with van der Waals surface area (Å²) in [6.07, 6.45) is 6.07. The Bertz CT molecular complexity index is 2040. The van der Waals surface area contributed by atoms with Gasteiger partial charge in [0.1, 0.15) is 35.2 Å². The van der Waals surface area contributed by atoms with Gasteiger partial charge in [-0.1, -0.05) is 30.3 Å². The topological polar surface area (TPSA) is 96.7 Å². The predicted molar refractivity (Wildman–Crippen MR) is 177 cm³/mol. The van der Waals surface area contributed by atoms with E-state index in [1.807, 2.05) is 59.1 Å². The monoisotopic (exact) mass is 631 g/mol. The highest BCUT2D eigenvalue weighted by molar-refractivity contribution is 6.05. The van der Waals surface area contributed by atoms with E-state index < -0.39 is 23.1 Å². The summed E-state index contributed by atoms with van der Waals surface area (Å²) in [7, 11) is 0. The fourth-order valence-corrected chi connectivity index (χ4v) is 5.74. The van der Waals surface area contributed by atoms with Gasteiger partial charge in [0.15, 0.2) is 0 Å². The maximum absolute atomic E-state index is 14.3. The van der Waals surface area contributed by atoms with Crippen molar-refractivity contribution in [3.05, 3.63) is 121 Å². The number of nitrogens with zero attached hydrogens (tertiary/aromatic N) is 5. The van der Waals surface area contributed by atoms with Crippen molar-refractivity contribution in [3.63, 3.8) is 0 Å². The van der Waals surface area contributed by atoms with Crippen molar-refractivity contribution < 1.29 is 18.3 Å². The number of pyridine rings is 1. The quantitative estimate of drug-likeness (QED) is 0.165. The number of ether oxygens (including phenoxy) is 1. The molecule has 0 bridgehead atoms. The molecule has 9 nitrogen and oxygen atoms in total. The molecule has 0 radical (unpaired) electrons. The smallest absolute Gasteiger partial charge is 0.261 e. The van der Waals surface area contributed by atoms with Gasteiger partial charge in [0.25, 0.3) is 5.91 Å². The Hall–Kier alpha value is -5.68. The Labute approximate surface area is 269 Å². The highest BCUT2D eigenvalue weighted by Crippen LogP contribution is 2.34. The SMILES string of the molecule is O=C(Nc1cccc(-c2nc3ccccn3c2-c2ccnc(Nc3cccc(OCCN4CCCC4)c3)n2)c1)c1c(F)cccc1F. The minimum atomic E-state index is -0.939. The lowest BCUT2D eigenvalue weighted by Crippen LogP contribution is -2.25. The summed E-state index contributed by atoms with van der Waals surface area (Å²) in [6, 6.07) is 25.4. The third-order valence-corrected chi connectivity index (χ3v) is 7.98. The standard InChI is InChI=1S/C36H31F2N7O2/c37-28-12-7-13-29(38)32(28)35(46)40-25-9-5-8-24(22-25)33-34(45-19-2-1-14-31(45)43-33)30-15-16-39-36(42-30)41-26-10-6-11-27(23-26)47-21-20-44-17-3-4-18-44/h1-2,5-16,19,22-23H,3-4,17-18,20-21H2,(H,40,46)(H,39,41,42). The highest BCUT2D eigenvalue weighted by Gasteiger charge is 2.20. The number of hydrogen-bond donors (Lipinski definition) is 2. The summed E-state index contributed by atoms with van der Waals surface area (Å²) in [4.78, 5) is 29.4. The molecule has 11 heteroatoms. The van der Waals surface area contributed by atoms with Crippen LogP contribution in [0.15, 0.2) is 103 Å². The second kappa shape index (κ2) is 13.4. The van der Waals surface area contributed by atoms with E-state index in [-0.39, 0.29) is 0 Å². The second-order valence-corrected chi connectivity index (χ2v) is 11.2. The molecule has 3 aromatic heterocycles. The molecule has 0 atom stereocenters. The predicted octanol–water partition coefficient (Wildman–Crippen LogP) is 7.21. The lowest BCUT2D eigenvalue weighted by atomic mass is 10.1. The van der Waals surface area contributed by atoms with E-state index in [9.17, 15) is 13.6 Å². The van der Waals surface area contributed by atoms with E-state index in [1.54, 1.807) is 30.5 Å². The molecule has 7 rings (SSSR count). The van der Waals surface area contributed by atoms with Crippen molar-refractivity contribution in [2.24, 2.45) is 0 Å². The first-order valence-corrected chi connectivity index (χ1v) is 15.4. The number of halogens is 2. The molecule has 1 aliphatic heterocycles. The fraction of sp³-hybridized carbons (Fsp3) is 0.167. The second-order valence-electron chi connectivity index (χ2n) is 11.2. The van der Waals surface area contributed by atoms with Crippen LogP contribution in [0.4, 0.5) is 26.1 Å². The van der Waals surface area contributed by atoms with Gasteiger partial charge >= 0.3 is 0 Å². The summed E-state index contributed by atoms with van der Waals surface area (Å²) < 4.78 is 36.5. The lowest BCUT2D eigenvalue weighted by molar-refractivity contribution is 0.101. The van der Waals surface area contributed by atoms with Gasteiger partial charge < -0.3 is 15.4 Å². The average molecular weight is 632 g/mol. The largest absolute Gasteiger partial charge is 0.492 e. The molecule has 236 valence electrons. The summed E-state index contributed by atoms with van der Waals surface area (Å²) >= 11 is 0. The van der Waals surface area contributed by atoms with E-state index in [0.29, 0.717) is 46.5 Å². The Morgan fingerprint density at radius 3 is 2.49 bits per heavy atom. The van der Waals surface area contributed by atoms with E-state index >= 15 is 0 Å². The van der Waals surface area contributed by atoms with Crippen LogP contribution in [0, 0.1) is 11.6 Å². The number of carbonyl (C=O) groups excluding carboxylic acids is 1. The molecular weight excluding hydrogens is 600 g/mol. The Morgan fingerprint density at radius 2 is 1.64 bits per heavy atom. The first kappa shape index (κ1) is 30.0. The molecule has 0 unspecified atom stereocenters. The van der Waals surface area contributed by atoms with Gasteiger partial charge in [0.2, 0.25) is 5.95 Å². The Kier molecular flexibility index (Phi) is 8.52. The van der Waals surface area contributed by atoms with Crippen molar-refractivity contribution in [3.8, 4) is 28.4 Å². The maximum Gasteiger partial charge on any atom is 0.261 e. The van der Waals surface area contributed by atoms with Crippen molar-refractivity contribution >= 4 is 28.9 Å². The van der Waals surface area contributed by atoms with Crippen LogP contribution >= 0.6 is 0 Å². The average Bonchev–Trinajstić information content (AvgIpc) is 3.74. The van der Waals surface area contributed by atoms with Gasteiger partial charge in [-0.25, -0.2) is 23.7 Å². The van der Waals surface area contributed by atoms with Crippen molar-refractivity contribution in [2.75, 3.05) is 36.9 Å². The molecule has 0 saturated carbocycles. The molecule has 1 fully saturated rings. The number of rotatable bonds is 10. The van der Waals surface area contributed by atoms with Crippen molar-refractivity contribution in [2.45, 2.75) is 12.8 Å². The van der Waals surface area contributed by atoms with E-state index in [2.05, 4.69) is 20.5 Å². The molecular formula is C36H31F2N7O2. The molecule has 1 saturated heterocycles. The molecule has 2 N–H and O–H groups in total. The summed E-state index contributed by atoms with van der Waals surface area (Å²) in [5.74, 6) is -1.61. The first-order valence-electron chi connectivity index (χ1n) is 15.4. The van der Waals surface area contributed by atoms with Crippen LogP contribution in [0.2, 0.25) is 0 Å². The van der Waals surface area contributed by atoms with E-state index in [4.69, 9.17) is 14.7 Å². The lowest BCUT2D eigenvalue weighted by Gasteiger charge is -2.15. The van der Waals surface area contributed by atoms with Crippen LogP contribution in [0.3, 0.4) is 0 Å². The van der Waals surface area contributed by atoms with Gasteiger partial charge in [-0.05, 0) is 80.5 Å². The minimum absolute atomic E-state index is 0.353. The van der Waals surface area contributed by atoms with E-state index in [1.165, 1.54) is 18.9 Å². The van der Waals surface area contributed by atoms with Crippen LogP contribution in [-0.4, -0.2) is 56.4 Å². The molecule has 6 aromatic rings. The number of nitrogens with one attached hydrogen (secondary N) is 2. The number of carbonyl (C=O) groups is 1. The Morgan fingerprint density at radius 1 is 0.851 bits per heavy atom. The molecule has 3 aromatic carbocycles. The number of amides is 1. The number of likely N-dealkylation sites (tertiary alicyclic amines) is 1. The zero-order valence-electron chi connectivity index (χ0n) is 25.4. The number of anilines is 3.